The Morgan fingerprint density at radius 2 is 2.08 bits per heavy atom. The smallest absolute Gasteiger partial charge is 0.142 e. The molecule has 1 N–H and O–H groups in total. The zero-order chi connectivity index (χ0) is 17.2. The van der Waals surface area contributed by atoms with Crippen LogP contribution in [0.2, 0.25) is 5.02 Å². The van der Waals surface area contributed by atoms with Crippen molar-refractivity contribution in [2.24, 2.45) is 0 Å². The molecule has 1 aliphatic heterocycles. The first-order valence-corrected chi connectivity index (χ1v) is 9.31. The zero-order valence-corrected chi connectivity index (χ0v) is 14.9. The lowest BCUT2D eigenvalue weighted by atomic mass is 10.0. The predicted octanol–water partition coefficient (Wildman–Crippen LogP) is 5.22. The van der Waals surface area contributed by atoms with Crippen molar-refractivity contribution in [2.45, 2.75) is 19.0 Å². The van der Waals surface area contributed by atoms with Crippen LogP contribution in [-0.2, 0) is 6.54 Å². The molecule has 3 nitrogen and oxygen atoms in total. The molecule has 1 aliphatic rings. The fourth-order valence-corrected chi connectivity index (χ4v) is 4.00. The van der Waals surface area contributed by atoms with Gasteiger partial charge in [-0.2, -0.15) is 0 Å². The molecule has 0 aliphatic carbocycles. The SMILES string of the molecule is Fc1ccc(-c2nc(CN[C@H]3CCOc4c(Cl)cccc43)cs2)cc1. The van der Waals surface area contributed by atoms with Crippen LogP contribution in [-0.4, -0.2) is 11.6 Å². The number of hydrogen-bond donors (Lipinski definition) is 1. The first-order valence-electron chi connectivity index (χ1n) is 8.05. The van der Waals surface area contributed by atoms with E-state index in [-0.39, 0.29) is 11.9 Å². The minimum Gasteiger partial charge on any atom is -0.492 e. The van der Waals surface area contributed by atoms with Crippen LogP contribution in [0.1, 0.15) is 23.7 Å². The van der Waals surface area contributed by atoms with Gasteiger partial charge in [0.15, 0.2) is 0 Å². The Labute approximate surface area is 154 Å². The Bertz CT molecular complexity index is 881. The van der Waals surface area contributed by atoms with E-state index in [4.69, 9.17) is 16.3 Å². The van der Waals surface area contributed by atoms with E-state index in [1.165, 1.54) is 12.1 Å². The minimum absolute atomic E-state index is 0.193. The molecule has 0 fully saturated rings. The first-order chi connectivity index (χ1) is 12.2. The van der Waals surface area contributed by atoms with Crippen LogP contribution in [0, 0.1) is 5.82 Å². The fraction of sp³-hybridized carbons (Fsp3) is 0.211. The maximum absolute atomic E-state index is 13.0. The summed E-state index contributed by atoms with van der Waals surface area (Å²) in [5, 5.41) is 7.12. The summed E-state index contributed by atoms with van der Waals surface area (Å²) in [6.07, 6.45) is 0.891. The standard InChI is InChI=1S/C19H16ClFN2OS/c20-16-3-1-2-15-17(8-9-24-18(15)16)22-10-14-11-25-19(23-14)12-4-6-13(21)7-5-12/h1-7,11,17,22H,8-10H2/t17-/m0/s1. The van der Waals surface area contributed by atoms with Crippen LogP contribution in [0.3, 0.4) is 0 Å². The molecular formula is C19H16ClFN2OS. The first kappa shape index (κ1) is 16.5. The third-order valence-corrected chi connectivity index (χ3v) is 5.44. The topological polar surface area (TPSA) is 34.2 Å². The maximum atomic E-state index is 13.0. The highest BCUT2D eigenvalue weighted by Gasteiger charge is 2.23. The molecule has 2 aromatic carbocycles. The van der Waals surface area contributed by atoms with E-state index in [1.807, 2.05) is 23.6 Å². The van der Waals surface area contributed by atoms with Crippen molar-refractivity contribution in [3.63, 3.8) is 0 Å². The van der Waals surface area contributed by atoms with Gasteiger partial charge < -0.3 is 10.1 Å². The van der Waals surface area contributed by atoms with Gasteiger partial charge in [-0.05, 0) is 30.3 Å². The Kier molecular flexibility index (Phi) is 4.70. The number of nitrogens with zero attached hydrogens (tertiary/aromatic N) is 1. The molecule has 25 heavy (non-hydrogen) atoms. The van der Waals surface area contributed by atoms with Crippen molar-refractivity contribution in [3.05, 3.63) is 69.9 Å². The Hall–Kier alpha value is -1.95. The van der Waals surface area contributed by atoms with E-state index < -0.39 is 0 Å². The van der Waals surface area contributed by atoms with Crippen molar-refractivity contribution >= 4 is 22.9 Å². The molecule has 0 spiro atoms. The van der Waals surface area contributed by atoms with Gasteiger partial charge in [0.2, 0.25) is 0 Å². The summed E-state index contributed by atoms with van der Waals surface area (Å²) in [5.41, 5.74) is 2.99. The third-order valence-electron chi connectivity index (χ3n) is 4.20. The van der Waals surface area contributed by atoms with Gasteiger partial charge in [0.1, 0.15) is 16.6 Å². The predicted molar refractivity (Wildman–Crippen MR) is 98.7 cm³/mol. The maximum Gasteiger partial charge on any atom is 0.142 e. The highest BCUT2D eigenvalue weighted by molar-refractivity contribution is 7.13. The van der Waals surface area contributed by atoms with Gasteiger partial charge in [0.05, 0.1) is 17.3 Å². The minimum atomic E-state index is -0.237. The normalized spacial score (nSPS) is 16.3. The molecule has 6 heteroatoms. The van der Waals surface area contributed by atoms with Crippen LogP contribution in [0.4, 0.5) is 4.39 Å². The highest BCUT2D eigenvalue weighted by Crippen LogP contribution is 2.37. The third kappa shape index (κ3) is 3.54. The number of para-hydroxylation sites is 1. The lowest BCUT2D eigenvalue weighted by molar-refractivity contribution is 0.252. The van der Waals surface area contributed by atoms with Crippen LogP contribution in [0.15, 0.2) is 47.8 Å². The Balaban J connectivity index is 1.46. The summed E-state index contributed by atoms with van der Waals surface area (Å²) in [6.45, 7) is 1.31. The number of hydrogen-bond acceptors (Lipinski definition) is 4. The second-order valence-corrected chi connectivity index (χ2v) is 7.15. The van der Waals surface area contributed by atoms with E-state index in [0.29, 0.717) is 18.2 Å². The zero-order valence-electron chi connectivity index (χ0n) is 13.3. The molecule has 0 bridgehead atoms. The molecule has 0 saturated heterocycles. The number of thiazole rings is 1. The molecule has 128 valence electrons. The second-order valence-electron chi connectivity index (χ2n) is 5.88. The van der Waals surface area contributed by atoms with Crippen molar-refractivity contribution in [1.29, 1.82) is 0 Å². The van der Waals surface area contributed by atoms with Crippen molar-refractivity contribution in [2.75, 3.05) is 6.61 Å². The quantitative estimate of drug-likeness (QED) is 0.680. The average Bonchev–Trinajstić information content (AvgIpc) is 3.10. The van der Waals surface area contributed by atoms with Crippen molar-refractivity contribution < 1.29 is 9.13 Å². The molecular weight excluding hydrogens is 359 g/mol. The molecule has 1 aromatic heterocycles. The molecule has 2 heterocycles. The number of nitrogens with one attached hydrogen (secondary N) is 1. The lowest BCUT2D eigenvalue weighted by Crippen LogP contribution is -2.27. The van der Waals surface area contributed by atoms with E-state index in [0.717, 1.165) is 34.0 Å². The van der Waals surface area contributed by atoms with E-state index in [2.05, 4.69) is 10.3 Å². The molecule has 3 aromatic rings. The summed E-state index contributed by atoms with van der Waals surface area (Å²) in [4.78, 5) is 4.64. The number of rotatable bonds is 4. The summed E-state index contributed by atoms with van der Waals surface area (Å²) >= 11 is 7.78. The number of ether oxygens (including phenoxy) is 1. The molecule has 1 atom stereocenters. The van der Waals surface area contributed by atoms with Gasteiger partial charge >= 0.3 is 0 Å². The number of fused-ring (bicyclic) bond motifs is 1. The summed E-state index contributed by atoms with van der Waals surface area (Å²) in [5.74, 6) is 0.539. The number of benzene rings is 2. The van der Waals surface area contributed by atoms with Crippen LogP contribution >= 0.6 is 22.9 Å². The summed E-state index contributed by atoms with van der Waals surface area (Å²) in [7, 11) is 0. The largest absolute Gasteiger partial charge is 0.492 e. The van der Waals surface area contributed by atoms with E-state index in [1.54, 1.807) is 23.5 Å². The number of aromatic nitrogens is 1. The highest BCUT2D eigenvalue weighted by atomic mass is 35.5. The van der Waals surface area contributed by atoms with Crippen molar-refractivity contribution in [1.82, 2.24) is 10.3 Å². The summed E-state index contributed by atoms with van der Waals surface area (Å²) < 4.78 is 18.7. The molecule has 0 amide bonds. The van der Waals surface area contributed by atoms with E-state index >= 15 is 0 Å². The monoisotopic (exact) mass is 374 g/mol. The molecule has 0 radical (unpaired) electrons. The fourth-order valence-electron chi connectivity index (χ4n) is 2.94. The van der Waals surface area contributed by atoms with Crippen LogP contribution in [0.25, 0.3) is 10.6 Å². The van der Waals surface area contributed by atoms with Crippen LogP contribution in [0.5, 0.6) is 5.75 Å². The van der Waals surface area contributed by atoms with Gasteiger partial charge in [-0.15, -0.1) is 11.3 Å². The number of halogens is 2. The van der Waals surface area contributed by atoms with Gasteiger partial charge in [0, 0.05) is 35.5 Å². The lowest BCUT2D eigenvalue weighted by Gasteiger charge is -2.27. The molecule has 0 saturated carbocycles. The van der Waals surface area contributed by atoms with Gasteiger partial charge in [-0.25, -0.2) is 9.37 Å². The Morgan fingerprint density at radius 1 is 1.24 bits per heavy atom. The second kappa shape index (κ2) is 7.12. The van der Waals surface area contributed by atoms with E-state index in [9.17, 15) is 4.39 Å². The van der Waals surface area contributed by atoms with Gasteiger partial charge in [0.25, 0.3) is 0 Å². The Morgan fingerprint density at radius 3 is 2.92 bits per heavy atom. The van der Waals surface area contributed by atoms with Crippen LogP contribution < -0.4 is 10.1 Å². The van der Waals surface area contributed by atoms with Crippen molar-refractivity contribution in [3.8, 4) is 16.3 Å². The summed E-state index contributed by atoms with van der Waals surface area (Å²) in [6, 6.07) is 12.4. The average molecular weight is 375 g/mol. The molecule has 0 unspecified atom stereocenters. The van der Waals surface area contributed by atoms with Gasteiger partial charge in [-0.1, -0.05) is 23.7 Å². The van der Waals surface area contributed by atoms with Gasteiger partial charge in [-0.3, -0.25) is 0 Å². The molecule has 4 rings (SSSR count).